The second-order valence-corrected chi connectivity index (χ2v) is 4.76. The van der Waals surface area contributed by atoms with E-state index in [1.54, 1.807) is 6.07 Å². The lowest BCUT2D eigenvalue weighted by Gasteiger charge is -2.24. The molecule has 2 saturated carbocycles. The number of hydrogen-bond acceptors (Lipinski definition) is 2. The van der Waals surface area contributed by atoms with Crippen molar-refractivity contribution in [2.75, 3.05) is 0 Å². The predicted octanol–water partition coefficient (Wildman–Crippen LogP) is 1.92. The highest BCUT2D eigenvalue weighted by Gasteiger charge is 2.64. The molecule has 14 heavy (non-hydrogen) atoms. The molecule has 0 amide bonds. The molecule has 2 nitrogen and oxygen atoms in total. The molecule has 0 saturated heterocycles. The fourth-order valence-electron chi connectivity index (χ4n) is 2.65. The van der Waals surface area contributed by atoms with Crippen LogP contribution < -0.4 is 5.73 Å². The molecule has 2 heteroatoms. The molecule has 1 aromatic carbocycles. The van der Waals surface area contributed by atoms with Crippen molar-refractivity contribution in [3.63, 3.8) is 0 Å². The van der Waals surface area contributed by atoms with Gasteiger partial charge in [0.15, 0.2) is 0 Å². The first kappa shape index (κ1) is 8.30. The predicted molar refractivity (Wildman–Crippen MR) is 55.2 cm³/mol. The van der Waals surface area contributed by atoms with Crippen molar-refractivity contribution in [2.45, 2.75) is 36.6 Å². The molecule has 2 fully saturated rings. The summed E-state index contributed by atoms with van der Waals surface area (Å²) >= 11 is 0. The summed E-state index contributed by atoms with van der Waals surface area (Å²) < 4.78 is 0. The molecule has 0 bridgehead atoms. The number of hydrogen-bond donors (Lipinski definition) is 2. The Morgan fingerprint density at radius 2 is 1.71 bits per heavy atom. The third-order valence-corrected chi connectivity index (χ3v) is 3.91. The number of para-hydroxylation sites is 1. The summed E-state index contributed by atoms with van der Waals surface area (Å²) in [6, 6.07) is 7.64. The maximum atomic E-state index is 9.82. The standard InChI is InChI=1S/C12H15NO/c13-12(7-8-12)11(5-6-11)9-3-1-2-4-10(9)14/h1-4,14H,5-8,13H2. The number of phenols is 1. The van der Waals surface area contributed by atoms with Crippen LogP contribution in [0.25, 0.3) is 0 Å². The third kappa shape index (κ3) is 0.894. The minimum atomic E-state index is -0.00810. The van der Waals surface area contributed by atoms with Crippen LogP contribution in [0.3, 0.4) is 0 Å². The second kappa shape index (κ2) is 2.31. The van der Waals surface area contributed by atoms with Crippen LogP contribution in [0.4, 0.5) is 0 Å². The second-order valence-electron chi connectivity index (χ2n) is 4.76. The molecule has 0 unspecified atom stereocenters. The van der Waals surface area contributed by atoms with Crippen molar-refractivity contribution < 1.29 is 5.11 Å². The van der Waals surface area contributed by atoms with Gasteiger partial charge in [-0.2, -0.15) is 0 Å². The summed E-state index contributed by atoms with van der Waals surface area (Å²) in [7, 11) is 0. The van der Waals surface area contributed by atoms with E-state index in [9.17, 15) is 5.11 Å². The van der Waals surface area contributed by atoms with Gasteiger partial charge in [-0.05, 0) is 31.7 Å². The molecule has 3 rings (SSSR count). The number of benzene rings is 1. The first-order valence-electron chi connectivity index (χ1n) is 5.25. The SMILES string of the molecule is NC1(C2(c3ccccc3O)CC2)CC1. The zero-order valence-electron chi connectivity index (χ0n) is 8.16. The zero-order valence-corrected chi connectivity index (χ0v) is 8.16. The summed E-state index contributed by atoms with van der Waals surface area (Å²) in [5.74, 6) is 0.418. The van der Waals surface area contributed by atoms with Gasteiger partial charge in [-0.1, -0.05) is 18.2 Å². The highest BCUT2D eigenvalue weighted by Crippen LogP contribution is 2.64. The lowest BCUT2D eigenvalue weighted by atomic mass is 9.86. The summed E-state index contributed by atoms with van der Waals surface area (Å²) in [6.45, 7) is 0. The van der Waals surface area contributed by atoms with Gasteiger partial charge < -0.3 is 10.8 Å². The van der Waals surface area contributed by atoms with E-state index >= 15 is 0 Å². The summed E-state index contributed by atoms with van der Waals surface area (Å²) in [5, 5.41) is 9.82. The van der Waals surface area contributed by atoms with E-state index in [2.05, 4.69) is 0 Å². The van der Waals surface area contributed by atoms with Crippen LogP contribution in [0.1, 0.15) is 31.2 Å². The van der Waals surface area contributed by atoms with Crippen molar-refractivity contribution in [3.8, 4) is 5.75 Å². The number of nitrogens with two attached hydrogens (primary N) is 1. The monoisotopic (exact) mass is 189 g/mol. The van der Waals surface area contributed by atoms with E-state index in [0.29, 0.717) is 5.75 Å². The van der Waals surface area contributed by atoms with Crippen LogP contribution in [0, 0.1) is 0 Å². The first-order valence-corrected chi connectivity index (χ1v) is 5.25. The Morgan fingerprint density at radius 3 is 2.21 bits per heavy atom. The Bertz CT molecular complexity index is 378. The van der Waals surface area contributed by atoms with E-state index in [4.69, 9.17) is 5.73 Å². The van der Waals surface area contributed by atoms with Gasteiger partial charge in [-0.15, -0.1) is 0 Å². The van der Waals surface area contributed by atoms with Gasteiger partial charge in [0.2, 0.25) is 0 Å². The van der Waals surface area contributed by atoms with Crippen molar-refractivity contribution in [1.82, 2.24) is 0 Å². The Balaban J connectivity index is 2.07. The zero-order chi connectivity index (χ0) is 9.81. The van der Waals surface area contributed by atoms with Gasteiger partial charge in [0.1, 0.15) is 5.75 Å². The van der Waals surface area contributed by atoms with Crippen molar-refractivity contribution in [1.29, 1.82) is 0 Å². The van der Waals surface area contributed by atoms with Crippen molar-refractivity contribution >= 4 is 0 Å². The average Bonchev–Trinajstić information content (AvgIpc) is 3.01. The Morgan fingerprint density at radius 1 is 1.07 bits per heavy atom. The first-order chi connectivity index (χ1) is 6.68. The van der Waals surface area contributed by atoms with Gasteiger partial charge in [-0.3, -0.25) is 0 Å². The maximum Gasteiger partial charge on any atom is 0.119 e. The molecule has 0 heterocycles. The van der Waals surface area contributed by atoms with Crippen molar-refractivity contribution in [3.05, 3.63) is 29.8 Å². The summed E-state index contributed by atoms with van der Waals surface area (Å²) in [5.41, 5.74) is 7.45. The van der Waals surface area contributed by atoms with Crippen LogP contribution in [0.15, 0.2) is 24.3 Å². The van der Waals surface area contributed by atoms with Gasteiger partial charge >= 0.3 is 0 Å². The quantitative estimate of drug-likeness (QED) is 0.746. The normalized spacial score (nSPS) is 25.8. The van der Waals surface area contributed by atoms with E-state index in [1.165, 1.54) is 0 Å². The molecule has 0 radical (unpaired) electrons. The van der Waals surface area contributed by atoms with Crippen LogP contribution in [0.5, 0.6) is 5.75 Å². The molecule has 0 spiro atoms. The molecule has 0 atom stereocenters. The van der Waals surface area contributed by atoms with E-state index < -0.39 is 0 Å². The minimum Gasteiger partial charge on any atom is -0.508 e. The molecule has 1 aromatic rings. The van der Waals surface area contributed by atoms with Gasteiger partial charge in [0, 0.05) is 16.5 Å². The highest BCUT2D eigenvalue weighted by atomic mass is 16.3. The van der Waals surface area contributed by atoms with Gasteiger partial charge in [0.25, 0.3) is 0 Å². The molecule has 0 aliphatic heterocycles. The van der Waals surface area contributed by atoms with E-state index in [-0.39, 0.29) is 11.0 Å². The average molecular weight is 189 g/mol. The molecule has 2 aliphatic rings. The molecule has 0 aromatic heterocycles. The Hall–Kier alpha value is -1.02. The fourth-order valence-corrected chi connectivity index (χ4v) is 2.65. The van der Waals surface area contributed by atoms with E-state index in [0.717, 1.165) is 31.2 Å². The Kier molecular flexibility index (Phi) is 1.37. The lowest BCUT2D eigenvalue weighted by Crippen LogP contribution is -2.37. The minimum absolute atomic E-state index is 0.00810. The third-order valence-electron chi connectivity index (χ3n) is 3.91. The number of phenolic OH excluding ortho intramolecular Hbond substituents is 1. The van der Waals surface area contributed by atoms with E-state index in [1.807, 2.05) is 18.2 Å². The lowest BCUT2D eigenvalue weighted by molar-refractivity contribution is 0.434. The van der Waals surface area contributed by atoms with Crippen LogP contribution in [-0.4, -0.2) is 10.6 Å². The largest absolute Gasteiger partial charge is 0.508 e. The van der Waals surface area contributed by atoms with Crippen LogP contribution in [0.2, 0.25) is 0 Å². The molecule has 3 N–H and O–H groups in total. The summed E-state index contributed by atoms with van der Waals surface area (Å²) in [6.07, 6.45) is 4.50. The summed E-state index contributed by atoms with van der Waals surface area (Å²) in [4.78, 5) is 0. The molecule has 74 valence electrons. The highest BCUT2D eigenvalue weighted by molar-refractivity contribution is 5.47. The molecular formula is C12H15NO. The Labute approximate surface area is 83.7 Å². The number of rotatable bonds is 2. The van der Waals surface area contributed by atoms with Crippen LogP contribution >= 0.6 is 0 Å². The molecular weight excluding hydrogens is 174 g/mol. The smallest absolute Gasteiger partial charge is 0.119 e. The van der Waals surface area contributed by atoms with Gasteiger partial charge in [0.05, 0.1) is 0 Å². The van der Waals surface area contributed by atoms with Crippen molar-refractivity contribution in [2.24, 2.45) is 5.73 Å². The fraction of sp³-hybridized carbons (Fsp3) is 0.500. The van der Waals surface area contributed by atoms with Crippen LogP contribution in [-0.2, 0) is 5.41 Å². The topological polar surface area (TPSA) is 46.2 Å². The maximum absolute atomic E-state index is 9.82. The number of aromatic hydroxyl groups is 1. The van der Waals surface area contributed by atoms with Gasteiger partial charge in [-0.25, -0.2) is 0 Å². The molecule has 2 aliphatic carbocycles.